The first-order valence-corrected chi connectivity index (χ1v) is 14.2. The van der Waals surface area contributed by atoms with Crippen LogP contribution in [0.2, 0.25) is 5.02 Å². The largest absolute Gasteiger partial charge is 0.391 e. The van der Waals surface area contributed by atoms with Gasteiger partial charge >= 0.3 is 0 Å². The van der Waals surface area contributed by atoms with E-state index >= 15 is 0 Å². The molecule has 0 aromatic heterocycles. The van der Waals surface area contributed by atoms with Crippen LogP contribution in [0.1, 0.15) is 49.9 Å². The lowest BCUT2D eigenvalue weighted by Crippen LogP contribution is -2.51. The fraction of sp³-hybridized carbons (Fsp3) is 0.500. The molecule has 208 valence electrons. The average molecular weight is 576 g/mol. The lowest BCUT2D eigenvalue weighted by atomic mass is 9.70. The van der Waals surface area contributed by atoms with Gasteiger partial charge in [-0.3, -0.25) is 4.79 Å². The van der Waals surface area contributed by atoms with Gasteiger partial charge in [-0.15, -0.1) is 0 Å². The van der Waals surface area contributed by atoms with Crippen molar-refractivity contribution in [3.8, 4) is 0 Å². The van der Waals surface area contributed by atoms with E-state index in [-0.39, 0.29) is 46.3 Å². The van der Waals surface area contributed by atoms with E-state index in [2.05, 4.69) is 5.32 Å². The average Bonchev–Trinajstić information content (AvgIpc) is 2.95. The molecule has 2 aliphatic carbocycles. The number of anilines is 1. The number of rotatable bonds is 7. The number of carbonyl (C=O) groups is 1. The Hall–Kier alpha value is -2.18. The van der Waals surface area contributed by atoms with Gasteiger partial charge in [-0.05, 0) is 62.1 Å². The molecule has 7 atom stereocenters. The van der Waals surface area contributed by atoms with E-state index < -0.39 is 68.1 Å². The number of sulfone groups is 1. The van der Waals surface area contributed by atoms with Gasteiger partial charge in [-0.25, -0.2) is 21.6 Å². The topological polar surface area (TPSA) is 124 Å². The predicted molar refractivity (Wildman–Crippen MR) is 134 cm³/mol. The number of benzene rings is 2. The normalized spacial score (nSPS) is 28.7. The van der Waals surface area contributed by atoms with Crippen LogP contribution in [0.15, 0.2) is 35.2 Å². The van der Waals surface area contributed by atoms with Crippen LogP contribution in [0.4, 0.5) is 18.9 Å². The van der Waals surface area contributed by atoms with Crippen molar-refractivity contribution in [2.45, 2.75) is 67.5 Å². The van der Waals surface area contributed by atoms with Crippen LogP contribution in [0, 0.1) is 35.2 Å². The first-order valence-electron chi connectivity index (χ1n) is 12.2. The molecule has 0 radical (unpaired) electrons. The van der Waals surface area contributed by atoms with Crippen LogP contribution in [-0.2, 0) is 9.84 Å². The van der Waals surface area contributed by atoms with Gasteiger partial charge in [0.25, 0.3) is 5.91 Å². The molecule has 0 spiro atoms. The Kier molecular flexibility index (Phi) is 7.90. The molecular formula is C26H29ClF3NO6S. The predicted octanol–water partition coefficient (Wildman–Crippen LogP) is 4.08. The van der Waals surface area contributed by atoms with Gasteiger partial charge in [-0.2, -0.15) is 0 Å². The number of fused-ring (bicyclic) bond motifs is 2. The van der Waals surface area contributed by atoms with E-state index in [1.165, 1.54) is 19.1 Å². The van der Waals surface area contributed by atoms with Crippen molar-refractivity contribution in [3.05, 3.63) is 58.4 Å². The van der Waals surface area contributed by atoms with Gasteiger partial charge in [0, 0.05) is 29.8 Å². The highest BCUT2D eigenvalue weighted by Crippen LogP contribution is 2.56. The summed E-state index contributed by atoms with van der Waals surface area (Å²) in [6.07, 6.45) is -1.52. The summed E-state index contributed by atoms with van der Waals surface area (Å²) in [6.45, 7) is 3.34. The third-order valence-corrected chi connectivity index (χ3v) is 10.7. The quantitative estimate of drug-likeness (QED) is 0.369. The Labute approximate surface area is 223 Å². The summed E-state index contributed by atoms with van der Waals surface area (Å²) in [4.78, 5) is 12.4. The minimum atomic E-state index is -4.09. The molecule has 2 aliphatic rings. The highest BCUT2D eigenvalue weighted by Gasteiger charge is 2.59. The highest BCUT2D eigenvalue weighted by molar-refractivity contribution is 7.92. The second-order valence-corrected chi connectivity index (χ2v) is 13.1. The number of hydrogen-bond donors (Lipinski definition) is 4. The molecule has 0 aliphatic heterocycles. The maximum absolute atomic E-state index is 13.7. The molecule has 2 aromatic carbocycles. The SMILES string of the molecule is CC(O)C(O)C[C@@]1(O)C2C[C@@H](S(=O)(=O)c3cc(C(=O)Nc4cc(F)c(F)c(F)c4)ccc3Cl)CC1[C@@H](C)C2. The zero-order chi connectivity index (χ0) is 28.2. The summed E-state index contributed by atoms with van der Waals surface area (Å²) in [5.41, 5.74) is -1.84. The molecule has 0 heterocycles. The fourth-order valence-corrected chi connectivity index (χ4v) is 8.37. The zero-order valence-electron chi connectivity index (χ0n) is 20.7. The second kappa shape index (κ2) is 10.4. The van der Waals surface area contributed by atoms with Crippen LogP contribution in [0.5, 0.6) is 0 Å². The summed E-state index contributed by atoms with van der Waals surface area (Å²) >= 11 is 6.24. The van der Waals surface area contributed by atoms with Crippen LogP contribution < -0.4 is 5.32 Å². The Morgan fingerprint density at radius 2 is 1.76 bits per heavy atom. The van der Waals surface area contributed by atoms with Crippen molar-refractivity contribution in [2.75, 3.05) is 5.32 Å². The summed E-state index contributed by atoms with van der Waals surface area (Å²) in [7, 11) is -4.09. The number of aliphatic hydroxyl groups excluding tert-OH is 2. The lowest BCUT2D eigenvalue weighted by Gasteiger charge is -2.44. The first kappa shape index (κ1) is 28.8. The Bertz CT molecular complexity index is 1330. The van der Waals surface area contributed by atoms with Crippen molar-refractivity contribution in [1.82, 2.24) is 0 Å². The van der Waals surface area contributed by atoms with E-state index in [0.717, 1.165) is 6.07 Å². The van der Waals surface area contributed by atoms with E-state index in [0.29, 0.717) is 18.6 Å². The third-order valence-electron chi connectivity index (χ3n) is 8.03. The van der Waals surface area contributed by atoms with Gasteiger partial charge in [0.2, 0.25) is 0 Å². The molecule has 2 saturated carbocycles. The minimum absolute atomic E-state index is 0.0181. The summed E-state index contributed by atoms with van der Waals surface area (Å²) in [6, 6.07) is 4.74. The number of nitrogens with one attached hydrogen (secondary N) is 1. The van der Waals surface area contributed by atoms with Crippen LogP contribution >= 0.6 is 11.6 Å². The lowest BCUT2D eigenvalue weighted by molar-refractivity contribution is -0.110. The monoisotopic (exact) mass is 575 g/mol. The van der Waals surface area contributed by atoms with E-state index in [4.69, 9.17) is 11.6 Å². The summed E-state index contributed by atoms with van der Waals surface area (Å²) < 4.78 is 67.7. The first-order chi connectivity index (χ1) is 17.6. The molecule has 1 amide bonds. The second-order valence-electron chi connectivity index (χ2n) is 10.5. The third kappa shape index (κ3) is 5.19. The summed E-state index contributed by atoms with van der Waals surface area (Å²) in [5.74, 6) is -6.46. The maximum atomic E-state index is 13.7. The van der Waals surface area contributed by atoms with Gasteiger partial charge < -0.3 is 20.6 Å². The van der Waals surface area contributed by atoms with Gasteiger partial charge in [0.05, 0.1) is 33.0 Å². The number of halogens is 4. The van der Waals surface area contributed by atoms with Crippen molar-refractivity contribution in [1.29, 1.82) is 0 Å². The number of aliphatic hydroxyl groups is 3. The molecule has 2 fully saturated rings. The molecule has 0 saturated heterocycles. The van der Waals surface area contributed by atoms with Crippen molar-refractivity contribution < 1.29 is 41.7 Å². The van der Waals surface area contributed by atoms with Crippen LogP contribution in [-0.4, -0.2) is 52.7 Å². The standard InChI is InChI=1S/C26H29ClF3NO6S/c1-12-5-15-7-17(10-18(12)26(15,35)11-22(33)13(2)32)38(36,37)23-6-14(3-4-19(23)27)25(34)31-16-8-20(28)24(30)21(29)9-16/h3-4,6,8-9,12-13,15,17-18,22,32-33,35H,5,7,10-11H2,1-2H3,(H,31,34)/t12-,13?,15?,17+,18?,22?,26+/m0/s1. The van der Waals surface area contributed by atoms with E-state index in [1.807, 2.05) is 6.92 Å². The van der Waals surface area contributed by atoms with Gasteiger partial charge in [0.15, 0.2) is 27.3 Å². The Morgan fingerprint density at radius 1 is 1.13 bits per heavy atom. The molecule has 38 heavy (non-hydrogen) atoms. The Balaban J connectivity index is 1.59. The zero-order valence-corrected chi connectivity index (χ0v) is 22.2. The molecule has 4 rings (SSSR count). The number of amides is 1. The summed E-state index contributed by atoms with van der Waals surface area (Å²) in [5, 5.41) is 32.6. The molecule has 4 N–H and O–H groups in total. The van der Waals surface area contributed by atoms with Gasteiger partial charge in [0.1, 0.15) is 0 Å². The van der Waals surface area contributed by atoms with Crippen molar-refractivity contribution in [3.63, 3.8) is 0 Å². The number of hydrogen-bond acceptors (Lipinski definition) is 6. The molecule has 12 heteroatoms. The van der Waals surface area contributed by atoms with Crippen molar-refractivity contribution >= 4 is 33.0 Å². The molecular weight excluding hydrogens is 547 g/mol. The minimum Gasteiger partial charge on any atom is -0.391 e. The van der Waals surface area contributed by atoms with E-state index in [1.54, 1.807) is 0 Å². The van der Waals surface area contributed by atoms with Crippen molar-refractivity contribution in [2.24, 2.45) is 17.8 Å². The van der Waals surface area contributed by atoms with Gasteiger partial charge in [-0.1, -0.05) is 18.5 Å². The van der Waals surface area contributed by atoms with Crippen LogP contribution in [0.3, 0.4) is 0 Å². The maximum Gasteiger partial charge on any atom is 0.255 e. The molecule has 7 nitrogen and oxygen atoms in total. The molecule has 4 unspecified atom stereocenters. The Morgan fingerprint density at radius 3 is 2.34 bits per heavy atom. The smallest absolute Gasteiger partial charge is 0.255 e. The molecule has 2 bridgehead atoms. The number of carbonyl (C=O) groups excluding carboxylic acids is 1. The fourth-order valence-electron chi connectivity index (χ4n) is 6.00. The molecule has 2 aromatic rings. The van der Waals surface area contributed by atoms with E-state index in [9.17, 15) is 41.7 Å². The highest BCUT2D eigenvalue weighted by atomic mass is 35.5. The van der Waals surface area contributed by atoms with Crippen LogP contribution in [0.25, 0.3) is 0 Å².